The molecule has 12 aromatic rings. The van der Waals surface area contributed by atoms with E-state index in [2.05, 4.69) is 273 Å². The number of aromatic nitrogens is 8. The van der Waals surface area contributed by atoms with Gasteiger partial charge in [0, 0.05) is 71.8 Å². The Morgan fingerprint density at radius 3 is 0.578 bits per heavy atom. The van der Waals surface area contributed by atoms with Gasteiger partial charge in [-0.1, -0.05) is 280 Å². The molecule has 0 bridgehead atoms. The van der Waals surface area contributed by atoms with E-state index in [0.29, 0.717) is 73.4 Å². The largest absolute Gasteiger partial charge is 0.493 e. The third kappa shape index (κ3) is 25.1. The third-order valence-electron chi connectivity index (χ3n) is 21.6. The van der Waals surface area contributed by atoms with Crippen molar-refractivity contribution in [2.75, 3.05) is 26.4 Å². The van der Waals surface area contributed by atoms with E-state index in [1.165, 1.54) is 11.1 Å². The number of aryl methyl sites for hydroxylation is 4. The highest BCUT2D eigenvalue weighted by molar-refractivity contribution is 5.59. The maximum atomic E-state index is 7.36. The van der Waals surface area contributed by atoms with Gasteiger partial charge in [-0.05, 0) is 177 Å². The fraction of sp³-hybridized carbons (Fsp3) is 0.373. The molecule has 14 nitrogen and oxygen atoms in total. The molecule has 0 radical (unpaired) electrons. The third-order valence-corrected chi connectivity index (χ3v) is 21.6. The van der Waals surface area contributed by atoms with Gasteiger partial charge >= 0.3 is 0 Å². The molecule has 4 heterocycles. The molecule has 0 fully saturated rings. The highest BCUT2D eigenvalue weighted by Gasteiger charge is 2.28. The number of hydrogen-bond donors (Lipinski definition) is 0. The summed E-state index contributed by atoms with van der Waals surface area (Å²) in [5.41, 5.74) is 16.6. The molecule has 116 heavy (non-hydrogen) atoms. The molecule has 0 aliphatic carbocycles. The average Bonchev–Trinajstić information content (AvgIpc) is 0.798. The molecular formula is C102H120N8O6. The molecule has 0 saturated heterocycles. The van der Waals surface area contributed by atoms with Crippen molar-refractivity contribution in [3.05, 3.63) is 310 Å². The Kier molecular flexibility index (Phi) is 33.3. The molecule has 604 valence electrons. The Morgan fingerprint density at radius 1 is 0.224 bits per heavy atom. The predicted molar refractivity (Wildman–Crippen MR) is 470 cm³/mol. The zero-order valence-electron chi connectivity index (χ0n) is 70.5. The summed E-state index contributed by atoms with van der Waals surface area (Å²) in [5.74, 6) is 8.17. The van der Waals surface area contributed by atoms with E-state index in [4.69, 9.17) is 48.4 Å². The van der Waals surface area contributed by atoms with Crippen LogP contribution in [0.25, 0.3) is 45.6 Å². The number of ether oxygens (including phenoxy) is 6. The van der Waals surface area contributed by atoms with Crippen molar-refractivity contribution >= 4 is 0 Å². The van der Waals surface area contributed by atoms with Crippen molar-refractivity contribution in [3.63, 3.8) is 0 Å². The number of unbranched alkanes of at least 4 members (excludes halogenated alkanes) is 2. The first-order valence-corrected chi connectivity index (χ1v) is 42.6. The van der Waals surface area contributed by atoms with Gasteiger partial charge in [0.25, 0.3) is 0 Å². The summed E-state index contributed by atoms with van der Waals surface area (Å²) in [7, 11) is 0. The van der Waals surface area contributed by atoms with Crippen LogP contribution in [-0.4, -0.2) is 66.3 Å². The van der Waals surface area contributed by atoms with Crippen molar-refractivity contribution in [1.29, 1.82) is 0 Å². The van der Waals surface area contributed by atoms with Crippen LogP contribution in [0.4, 0.5) is 0 Å². The van der Waals surface area contributed by atoms with Crippen LogP contribution < -0.4 is 18.9 Å². The van der Waals surface area contributed by atoms with E-state index < -0.39 is 24.4 Å². The standard InChI is InChI=1S/C52H62N4O3.C50H58N4O3/c1-7-11-13-39-31-53-51(54-32-39)45-19-15-41(16-20-45)49(43-23-27-47(28-24-43)57-35-37(5)9-3)59-50(44-25-29-48(30-26-44)58-36-38(6)10-4)42-17-21-46(22-18-42)52-55-33-40(34-56-52)14-12-8-2;1-7-11-37-29-51-49(52-30-37)43-17-13-39(14-18-43)47(41-21-25-45(26-22-41)55-33-35(5)9-3)57-48(42-23-27-46(28-24-42)56-34-36(6)10-4)40-15-19-44(20-16-40)50-53-31-38(12-8-2)32-54-50/h15-34,37-38,49-50H,7-14,35-36H2,1-6H3;13-32,35-36,47-48H,7-12,33-34H2,1-6H3. The summed E-state index contributed by atoms with van der Waals surface area (Å²) in [4.78, 5) is 37.5. The average molecular weight is 1550 g/mol. The van der Waals surface area contributed by atoms with Crippen LogP contribution in [-0.2, 0) is 35.2 Å². The summed E-state index contributed by atoms with van der Waals surface area (Å²) < 4.78 is 39.3. The van der Waals surface area contributed by atoms with Crippen molar-refractivity contribution in [2.24, 2.45) is 23.7 Å². The second-order valence-corrected chi connectivity index (χ2v) is 31.2. The Morgan fingerprint density at radius 2 is 0.405 bits per heavy atom. The normalized spacial score (nSPS) is 13.4. The molecule has 12 rings (SSSR count). The lowest BCUT2D eigenvalue weighted by Gasteiger charge is -2.27. The Labute approximate surface area is 690 Å². The summed E-state index contributed by atoms with van der Waals surface area (Å²) in [6, 6.07) is 67.1. The van der Waals surface area contributed by atoms with Crippen LogP contribution in [0.1, 0.15) is 238 Å². The summed E-state index contributed by atoms with van der Waals surface area (Å²) in [5, 5.41) is 0. The highest BCUT2D eigenvalue weighted by atomic mass is 16.5. The lowest BCUT2D eigenvalue weighted by Crippen LogP contribution is -2.14. The molecule has 8 unspecified atom stereocenters. The lowest BCUT2D eigenvalue weighted by molar-refractivity contribution is 0.0307. The lowest BCUT2D eigenvalue weighted by atomic mass is 9.96. The molecule has 0 N–H and O–H groups in total. The minimum absolute atomic E-state index is 0.407. The van der Waals surface area contributed by atoms with Gasteiger partial charge in [-0.15, -0.1) is 0 Å². The van der Waals surface area contributed by atoms with E-state index in [9.17, 15) is 0 Å². The predicted octanol–water partition coefficient (Wildman–Crippen LogP) is 25.3. The molecule has 0 amide bonds. The smallest absolute Gasteiger partial charge is 0.159 e. The fourth-order valence-electron chi connectivity index (χ4n) is 13.2. The summed E-state index contributed by atoms with van der Waals surface area (Å²) in [6.45, 7) is 29.1. The van der Waals surface area contributed by atoms with Gasteiger partial charge in [-0.3, -0.25) is 0 Å². The van der Waals surface area contributed by atoms with Gasteiger partial charge < -0.3 is 28.4 Å². The van der Waals surface area contributed by atoms with E-state index in [-0.39, 0.29) is 0 Å². The second kappa shape index (κ2) is 44.9. The van der Waals surface area contributed by atoms with Gasteiger partial charge in [0.05, 0.1) is 26.4 Å². The van der Waals surface area contributed by atoms with Crippen molar-refractivity contribution in [3.8, 4) is 68.5 Å². The van der Waals surface area contributed by atoms with Gasteiger partial charge in [0.15, 0.2) is 23.3 Å². The number of nitrogens with zero attached hydrogens (tertiary/aromatic N) is 8. The zero-order valence-corrected chi connectivity index (χ0v) is 70.5. The second-order valence-electron chi connectivity index (χ2n) is 31.2. The maximum Gasteiger partial charge on any atom is 0.159 e. The summed E-state index contributed by atoms with van der Waals surface area (Å²) in [6.07, 6.45) is 28.8. The minimum atomic E-state index is -0.407. The van der Waals surface area contributed by atoms with Crippen molar-refractivity contribution in [1.82, 2.24) is 39.9 Å². The first-order valence-electron chi connectivity index (χ1n) is 42.6. The quantitative estimate of drug-likeness (QED) is 0.0356. The van der Waals surface area contributed by atoms with Gasteiger partial charge in [-0.2, -0.15) is 0 Å². The number of hydrogen-bond acceptors (Lipinski definition) is 14. The van der Waals surface area contributed by atoms with E-state index in [1.807, 2.05) is 73.8 Å². The SMILES string of the molecule is CCCCc1cnc(-c2ccc(C(OC(c3ccc(OCC(C)CC)cc3)c3ccc(-c4ncc(CCCC)cn4)cc3)c3ccc(OCC(C)CC)cc3)cc2)nc1.CCCc1cnc(-c2ccc(C(OC(c3ccc(OCC(C)CC)cc3)c3ccc(-c4ncc(CCC)cn4)cc3)c3ccc(OCC(C)CC)cc3)cc2)nc1. The minimum Gasteiger partial charge on any atom is -0.493 e. The van der Waals surface area contributed by atoms with Crippen molar-refractivity contribution in [2.45, 2.75) is 197 Å². The molecule has 14 heteroatoms. The molecule has 0 saturated carbocycles. The van der Waals surface area contributed by atoms with Gasteiger partial charge in [-0.25, -0.2) is 39.9 Å². The maximum absolute atomic E-state index is 7.36. The van der Waals surface area contributed by atoms with Crippen LogP contribution >= 0.6 is 0 Å². The van der Waals surface area contributed by atoms with Gasteiger partial charge in [0.1, 0.15) is 47.4 Å². The molecule has 8 aromatic carbocycles. The van der Waals surface area contributed by atoms with Crippen LogP contribution in [0.15, 0.2) is 244 Å². The van der Waals surface area contributed by atoms with E-state index >= 15 is 0 Å². The highest BCUT2D eigenvalue weighted by Crippen LogP contribution is 2.41. The topological polar surface area (TPSA) is 158 Å². The fourth-order valence-corrected chi connectivity index (χ4v) is 13.2. The van der Waals surface area contributed by atoms with Crippen LogP contribution in [0, 0.1) is 23.7 Å². The van der Waals surface area contributed by atoms with Crippen LogP contribution in [0.3, 0.4) is 0 Å². The van der Waals surface area contributed by atoms with E-state index in [0.717, 1.165) is 191 Å². The first kappa shape index (κ1) is 86.1. The first-order chi connectivity index (χ1) is 56.7. The molecule has 0 aliphatic heterocycles. The molecular weight excluding hydrogens is 1430 g/mol. The molecule has 4 aromatic heterocycles. The monoisotopic (exact) mass is 1550 g/mol. The number of rotatable bonds is 42. The van der Waals surface area contributed by atoms with E-state index in [1.54, 1.807) is 0 Å². The molecule has 0 spiro atoms. The van der Waals surface area contributed by atoms with Crippen LogP contribution in [0.5, 0.6) is 23.0 Å². The van der Waals surface area contributed by atoms with Crippen molar-refractivity contribution < 1.29 is 28.4 Å². The van der Waals surface area contributed by atoms with Crippen LogP contribution in [0.2, 0.25) is 0 Å². The Balaban J connectivity index is 0.000000228. The molecule has 8 atom stereocenters. The Bertz CT molecular complexity index is 4480. The molecule has 0 aliphatic rings. The number of benzene rings is 8. The zero-order chi connectivity index (χ0) is 81.4. The summed E-state index contributed by atoms with van der Waals surface area (Å²) >= 11 is 0. The van der Waals surface area contributed by atoms with Gasteiger partial charge in [0.2, 0.25) is 0 Å². The Hall–Kier alpha value is -10.8.